The molecular formula is C12H23NO2. The number of methoxy groups -OCH3 is 1. The Morgan fingerprint density at radius 3 is 2.40 bits per heavy atom. The van der Waals surface area contributed by atoms with Gasteiger partial charge in [-0.1, -0.05) is 27.2 Å². The predicted octanol–water partition coefficient (Wildman–Crippen LogP) is 1.96. The molecule has 0 aromatic rings. The van der Waals surface area contributed by atoms with Gasteiger partial charge in [0.2, 0.25) is 0 Å². The first-order valence-corrected chi connectivity index (χ1v) is 5.76. The lowest BCUT2D eigenvalue weighted by atomic mass is 9.80. The van der Waals surface area contributed by atoms with E-state index in [4.69, 9.17) is 4.74 Å². The van der Waals surface area contributed by atoms with Crippen molar-refractivity contribution in [3.63, 3.8) is 0 Å². The SMILES string of the molecule is COC(=O)C(CNC1CCC1)C(C)(C)C. The third-order valence-electron chi connectivity index (χ3n) is 3.25. The number of carbonyl (C=O) groups excluding carboxylic acids is 1. The van der Waals surface area contributed by atoms with Gasteiger partial charge in [-0.3, -0.25) is 4.79 Å². The van der Waals surface area contributed by atoms with Crippen LogP contribution < -0.4 is 5.32 Å². The van der Waals surface area contributed by atoms with E-state index in [1.165, 1.54) is 26.4 Å². The molecular weight excluding hydrogens is 190 g/mol. The molecule has 0 saturated heterocycles. The number of rotatable bonds is 4. The molecule has 0 aliphatic heterocycles. The van der Waals surface area contributed by atoms with Crippen molar-refractivity contribution in [3.8, 4) is 0 Å². The number of carbonyl (C=O) groups is 1. The molecule has 3 nitrogen and oxygen atoms in total. The molecule has 0 aromatic heterocycles. The van der Waals surface area contributed by atoms with Gasteiger partial charge >= 0.3 is 5.97 Å². The van der Waals surface area contributed by atoms with Gasteiger partial charge in [0, 0.05) is 12.6 Å². The van der Waals surface area contributed by atoms with E-state index >= 15 is 0 Å². The molecule has 3 heteroatoms. The van der Waals surface area contributed by atoms with E-state index in [-0.39, 0.29) is 17.3 Å². The maximum Gasteiger partial charge on any atom is 0.310 e. The van der Waals surface area contributed by atoms with Crippen molar-refractivity contribution in [1.82, 2.24) is 5.32 Å². The van der Waals surface area contributed by atoms with Crippen LogP contribution in [-0.2, 0) is 9.53 Å². The summed E-state index contributed by atoms with van der Waals surface area (Å²) in [6.07, 6.45) is 3.81. The Kier molecular flexibility index (Phi) is 4.14. The standard InChI is InChI=1S/C12H23NO2/c1-12(2,3)10(11(14)15-4)8-13-9-6-5-7-9/h9-10,13H,5-8H2,1-4H3. The van der Waals surface area contributed by atoms with Crippen molar-refractivity contribution in [2.45, 2.75) is 46.1 Å². The fourth-order valence-corrected chi connectivity index (χ4v) is 1.78. The molecule has 0 radical (unpaired) electrons. The summed E-state index contributed by atoms with van der Waals surface area (Å²) in [5.41, 5.74) is -0.0379. The Morgan fingerprint density at radius 1 is 1.47 bits per heavy atom. The third kappa shape index (κ3) is 3.49. The van der Waals surface area contributed by atoms with Gasteiger partial charge in [-0.05, 0) is 18.3 Å². The van der Waals surface area contributed by atoms with Crippen LogP contribution in [0.3, 0.4) is 0 Å². The highest BCUT2D eigenvalue weighted by atomic mass is 16.5. The van der Waals surface area contributed by atoms with Gasteiger partial charge < -0.3 is 10.1 Å². The Balaban J connectivity index is 2.44. The van der Waals surface area contributed by atoms with Crippen LogP contribution in [0.25, 0.3) is 0 Å². The lowest BCUT2D eigenvalue weighted by Gasteiger charge is -2.33. The summed E-state index contributed by atoms with van der Waals surface area (Å²) in [7, 11) is 1.46. The zero-order chi connectivity index (χ0) is 11.5. The molecule has 0 bridgehead atoms. The molecule has 1 aliphatic carbocycles. The number of nitrogens with one attached hydrogen (secondary N) is 1. The third-order valence-corrected chi connectivity index (χ3v) is 3.25. The molecule has 1 rings (SSSR count). The van der Waals surface area contributed by atoms with Crippen LogP contribution in [0.15, 0.2) is 0 Å². The predicted molar refractivity (Wildman–Crippen MR) is 60.6 cm³/mol. The molecule has 1 atom stereocenters. The second-order valence-electron chi connectivity index (χ2n) is 5.48. The normalized spacial score (nSPS) is 19.5. The molecule has 0 heterocycles. The zero-order valence-corrected chi connectivity index (χ0v) is 10.3. The molecule has 1 saturated carbocycles. The highest BCUT2D eigenvalue weighted by molar-refractivity contribution is 5.73. The minimum absolute atomic E-state index is 0.0379. The van der Waals surface area contributed by atoms with E-state index in [1.54, 1.807) is 0 Å². The number of ether oxygens (including phenoxy) is 1. The van der Waals surface area contributed by atoms with E-state index in [1.807, 2.05) is 0 Å². The van der Waals surface area contributed by atoms with E-state index < -0.39 is 0 Å². The molecule has 15 heavy (non-hydrogen) atoms. The lowest BCUT2D eigenvalue weighted by molar-refractivity contribution is -0.149. The first-order valence-electron chi connectivity index (χ1n) is 5.76. The maximum absolute atomic E-state index is 11.6. The Hall–Kier alpha value is -0.570. The second-order valence-corrected chi connectivity index (χ2v) is 5.48. The van der Waals surface area contributed by atoms with E-state index in [9.17, 15) is 4.79 Å². The summed E-state index contributed by atoms with van der Waals surface area (Å²) >= 11 is 0. The molecule has 1 fully saturated rings. The van der Waals surface area contributed by atoms with E-state index in [2.05, 4.69) is 26.1 Å². The Morgan fingerprint density at radius 2 is 2.07 bits per heavy atom. The van der Waals surface area contributed by atoms with Crippen molar-refractivity contribution < 1.29 is 9.53 Å². The largest absolute Gasteiger partial charge is 0.469 e. The molecule has 88 valence electrons. The molecule has 0 spiro atoms. The monoisotopic (exact) mass is 213 g/mol. The summed E-state index contributed by atoms with van der Waals surface area (Å²) in [5.74, 6) is -0.155. The van der Waals surface area contributed by atoms with Crippen LogP contribution >= 0.6 is 0 Å². The topological polar surface area (TPSA) is 38.3 Å². The van der Waals surface area contributed by atoms with Crippen molar-refractivity contribution in [1.29, 1.82) is 0 Å². The van der Waals surface area contributed by atoms with Gasteiger partial charge in [-0.25, -0.2) is 0 Å². The van der Waals surface area contributed by atoms with Crippen LogP contribution in [0.2, 0.25) is 0 Å². The highest BCUT2D eigenvalue weighted by Gasteiger charge is 2.32. The van der Waals surface area contributed by atoms with Crippen LogP contribution in [0.5, 0.6) is 0 Å². The Bertz CT molecular complexity index is 216. The average Bonchev–Trinajstić information content (AvgIpc) is 2.06. The van der Waals surface area contributed by atoms with Crippen LogP contribution in [0, 0.1) is 11.3 Å². The second kappa shape index (κ2) is 4.97. The molecule has 0 aromatic carbocycles. The van der Waals surface area contributed by atoms with Crippen LogP contribution in [0.4, 0.5) is 0 Å². The average molecular weight is 213 g/mol. The first kappa shape index (κ1) is 12.5. The fraction of sp³-hybridized carbons (Fsp3) is 0.917. The van der Waals surface area contributed by atoms with Crippen LogP contribution in [-0.4, -0.2) is 25.7 Å². The quantitative estimate of drug-likeness (QED) is 0.726. The van der Waals surface area contributed by atoms with Gasteiger partial charge in [-0.2, -0.15) is 0 Å². The van der Waals surface area contributed by atoms with E-state index in [0.29, 0.717) is 6.04 Å². The van der Waals surface area contributed by atoms with Crippen molar-refractivity contribution in [2.75, 3.05) is 13.7 Å². The van der Waals surface area contributed by atoms with Gasteiger partial charge in [0.25, 0.3) is 0 Å². The number of esters is 1. The fourth-order valence-electron chi connectivity index (χ4n) is 1.78. The summed E-state index contributed by atoms with van der Waals surface area (Å²) in [6.45, 7) is 6.98. The summed E-state index contributed by atoms with van der Waals surface area (Å²) in [6, 6.07) is 0.625. The van der Waals surface area contributed by atoms with Crippen molar-refractivity contribution in [3.05, 3.63) is 0 Å². The van der Waals surface area contributed by atoms with E-state index in [0.717, 1.165) is 6.54 Å². The van der Waals surface area contributed by atoms with Gasteiger partial charge in [0.05, 0.1) is 13.0 Å². The summed E-state index contributed by atoms with van der Waals surface area (Å²) in [5, 5.41) is 3.44. The van der Waals surface area contributed by atoms with Gasteiger partial charge in [0.1, 0.15) is 0 Å². The molecule has 1 unspecified atom stereocenters. The number of hydrogen-bond donors (Lipinski definition) is 1. The van der Waals surface area contributed by atoms with Crippen molar-refractivity contribution in [2.24, 2.45) is 11.3 Å². The summed E-state index contributed by atoms with van der Waals surface area (Å²) in [4.78, 5) is 11.6. The zero-order valence-electron chi connectivity index (χ0n) is 10.3. The number of hydrogen-bond acceptors (Lipinski definition) is 3. The van der Waals surface area contributed by atoms with Crippen LogP contribution in [0.1, 0.15) is 40.0 Å². The summed E-state index contributed by atoms with van der Waals surface area (Å²) < 4.78 is 4.84. The minimum Gasteiger partial charge on any atom is -0.469 e. The molecule has 1 aliphatic rings. The van der Waals surface area contributed by atoms with Gasteiger partial charge in [0.15, 0.2) is 0 Å². The molecule has 1 N–H and O–H groups in total. The Labute approximate surface area is 92.6 Å². The maximum atomic E-state index is 11.6. The minimum atomic E-state index is -0.102. The highest BCUT2D eigenvalue weighted by Crippen LogP contribution is 2.27. The van der Waals surface area contributed by atoms with Crippen molar-refractivity contribution >= 4 is 5.97 Å². The first-order chi connectivity index (χ1) is 6.95. The smallest absolute Gasteiger partial charge is 0.310 e. The van der Waals surface area contributed by atoms with Gasteiger partial charge in [-0.15, -0.1) is 0 Å². The molecule has 0 amide bonds. The lowest BCUT2D eigenvalue weighted by Crippen LogP contribution is -2.44.